The van der Waals surface area contributed by atoms with Gasteiger partial charge in [0.25, 0.3) is 11.5 Å². The SMILES string of the molecule is Cc1c(C(=O)Nc2c(Cl)cccc2Cl)c(=O)[nH]n1C. The molecule has 2 aromatic rings. The van der Waals surface area contributed by atoms with E-state index in [2.05, 4.69) is 10.4 Å². The van der Waals surface area contributed by atoms with Crippen LogP contribution in [0.25, 0.3) is 0 Å². The standard InChI is InChI=1S/C12H11Cl2N3O2/c1-6-9(12(19)16-17(6)2)11(18)15-10-7(13)4-3-5-8(10)14/h3-5H,1-2H3,(H,15,18)(H,16,19). The van der Waals surface area contributed by atoms with Crippen molar-refractivity contribution in [1.29, 1.82) is 0 Å². The number of carbonyl (C=O) groups excluding carboxylic acids is 1. The molecule has 0 saturated heterocycles. The van der Waals surface area contributed by atoms with Crippen LogP contribution in [0.2, 0.25) is 10.0 Å². The van der Waals surface area contributed by atoms with Crippen molar-refractivity contribution in [2.24, 2.45) is 7.05 Å². The summed E-state index contributed by atoms with van der Waals surface area (Å²) in [5.74, 6) is -0.547. The molecule has 2 N–H and O–H groups in total. The number of amides is 1. The van der Waals surface area contributed by atoms with Crippen LogP contribution in [-0.2, 0) is 7.05 Å². The van der Waals surface area contributed by atoms with Crippen molar-refractivity contribution in [2.45, 2.75) is 6.92 Å². The van der Waals surface area contributed by atoms with E-state index in [9.17, 15) is 9.59 Å². The molecule has 2 rings (SSSR count). The molecule has 0 unspecified atom stereocenters. The third-order valence-electron chi connectivity index (χ3n) is 2.79. The number of anilines is 1. The molecule has 0 bridgehead atoms. The molecule has 19 heavy (non-hydrogen) atoms. The van der Waals surface area contributed by atoms with Crippen molar-refractivity contribution in [3.05, 3.63) is 49.9 Å². The maximum absolute atomic E-state index is 12.1. The van der Waals surface area contributed by atoms with Crippen LogP contribution in [0.1, 0.15) is 16.1 Å². The van der Waals surface area contributed by atoms with E-state index in [4.69, 9.17) is 23.2 Å². The Bertz CT molecular complexity index is 683. The molecule has 0 spiro atoms. The number of para-hydroxylation sites is 1. The van der Waals surface area contributed by atoms with Crippen LogP contribution in [-0.4, -0.2) is 15.7 Å². The zero-order valence-electron chi connectivity index (χ0n) is 10.3. The summed E-state index contributed by atoms with van der Waals surface area (Å²) in [4.78, 5) is 23.8. The summed E-state index contributed by atoms with van der Waals surface area (Å²) < 4.78 is 1.48. The number of aryl methyl sites for hydroxylation is 1. The Morgan fingerprint density at radius 3 is 2.37 bits per heavy atom. The zero-order chi connectivity index (χ0) is 14.2. The highest BCUT2D eigenvalue weighted by atomic mass is 35.5. The maximum atomic E-state index is 12.1. The number of H-pyrrole nitrogens is 1. The summed E-state index contributed by atoms with van der Waals surface area (Å²) in [7, 11) is 1.65. The Morgan fingerprint density at radius 2 is 1.89 bits per heavy atom. The first-order chi connectivity index (χ1) is 8.91. The van der Waals surface area contributed by atoms with Crippen molar-refractivity contribution in [3.8, 4) is 0 Å². The van der Waals surface area contributed by atoms with Gasteiger partial charge in [-0.05, 0) is 19.1 Å². The number of halogens is 2. The average Bonchev–Trinajstić information content (AvgIpc) is 2.58. The predicted octanol–water partition coefficient (Wildman–Crippen LogP) is 2.58. The van der Waals surface area contributed by atoms with E-state index in [-0.39, 0.29) is 5.56 Å². The van der Waals surface area contributed by atoms with Gasteiger partial charge < -0.3 is 5.32 Å². The third kappa shape index (κ3) is 2.52. The lowest BCUT2D eigenvalue weighted by Gasteiger charge is -2.08. The van der Waals surface area contributed by atoms with Crippen molar-refractivity contribution in [1.82, 2.24) is 9.78 Å². The molecule has 1 aromatic heterocycles. The first-order valence-electron chi connectivity index (χ1n) is 5.42. The molecule has 100 valence electrons. The maximum Gasteiger partial charge on any atom is 0.277 e. The monoisotopic (exact) mass is 299 g/mol. The molecule has 0 atom stereocenters. The Kier molecular flexibility index (Phi) is 3.68. The fraction of sp³-hybridized carbons (Fsp3) is 0.167. The molecular formula is C12H11Cl2N3O2. The Balaban J connectivity index is 2.39. The Labute approximate surface area is 119 Å². The van der Waals surface area contributed by atoms with E-state index >= 15 is 0 Å². The van der Waals surface area contributed by atoms with Gasteiger partial charge in [0.15, 0.2) is 0 Å². The number of carbonyl (C=O) groups is 1. The molecule has 5 nitrogen and oxygen atoms in total. The highest BCUT2D eigenvalue weighted by Crippen LogP contribution is 2.30. The second-order valence-corrected chi connectivity index (χ2v) is 4.83. The van der Waals surface area contributed by atoms with Crippen LogP contribution >= 0.6 is 23.2 Å². The van der Waals surface area contributed by atoms with E-state index in [0.717, 1.165) is 0 Å². The number of nitrogens with one attached hydrogen (secondary N) is 2. The molecule has 7 heteroatoms. The summed E-state index contributed by atoms with van der Waals surface area (Å²) in [6.45, 7) is 1.67. The topological polar surface area (TPSA) is 66.9 Å². The van der Waals surface area contributed by atoms with E-state index in [0.29, 0.717) is 21.4 Å². The molecular weight excluding hydrogens is 289 g/mol. The van der Waals surface area contributed by atoms with E-state index < -0.39 is 11.5 Å². The highest BCUT2D eigenvalue weighted by Gasteiger charge is 2.19. The quantitative estimate of drug-likeness (QED) is 0.895. The van der Waals surface area contributed by atoms with E-state index in [1.807, 2.05) is 0 Å². The lowest BCUT2D eigenvalue weighted by atomic mass is 10.2. The van der Waals surface area contributed by atoms with Gasteiger partial charge in [-0.15, -0.1) is 0 Å². The van der Waals surface area contributed by atoms with Crippen LogP contribution in [0.4, 0.5) is 5.69 Å². The van der Waals surface area contributed by atoms with Crippen molar-refractivity contribution in [2.75, 3.05) is 5.32 Å². The van der Waals surface area contributed by atoms with Gasteiger partial charge in [0.2, 0.25) is 0 Å². The first-order valence-corrected chi connectivity index (χ1v) is 6.18. The van der Waals surface area contributed by atoms with Gasteiger partial charge in [0.05, 0.1) is 15.7 Å². The van der Waals surface area contributed by atoms with Crippen molar-refractivity contribution < 1.29 is 4.79 Å². The van der Waals surface area contributed by atoms with Gasteiger partial charge in [-0.3, -0.25) is 19.4 Å². The Morgan fingerprint density at radius 1 is 1.32 bits per heavy atom. The molecule has 0 radical (unpaired) electrons. The highest BCUT2D eigenvalue weighted by molar-refractivity contribution is 6.40. The molecule has 0 aliphatic heterocycles. The van der Waals surface area contributed by atoms with Crippen LogP contribution < -0.4 is 10.9 Å². The summed E-state index contributed by atoms with van der Waals surface area (Å²) in [5.41, 5.74) is 0.406. The minimum Gasteiger partial charge on any atom is -0.319 e. The first kappa shape index (κ1) is 13.7. The molecule has 0 saturated carbocycles. The van der Waals surface area contributed by atoms with Crippen LogP contribution in [0.15, 0.2) is 23.0 Å². The molecule has 0 aliphatic rings. The smallest absolute Gasteiger partial charge is 0.277 e. The second-order valence-electron chi connectivity index (χ2n) is 4.01. The fourth-order valence-corrected chi connectivity index (χ4v) is 2.18. The lowest BCUT2D eigenvalue weighted by molar-refractivity contribution is 0.102. The number of aromatic amines is 1. The van der Waals surface area contributed by atoms with Crippen LogP contribution in [0, 0.1) is 6.92 Å². The van der Waals surface area contributed by atoms with Gasteiger partial charge in [-0.1, -0.05) is 29.3 Å². The zero-order valence-corrected chi connectivity index (χ0v) is 11.8. The minimum absolute atomic E-state index is 0.0403. The van der Waals surface area contributed by atoms with Crippen molar-refractivity contribution in [3.63, 3.8) is 0 Å². The predicted molar refractivity (Wildman–Crippen MR) is 75.2 cm³/mol. The largest absolute Gasteiger partial charge is 0.319 e. The number of hydrogen-bond acceptors (Lipinski definition) is 2. The second kappa shape index (κ2) is 5.11. The lowest BCUT2D eigenvalue weighted by Crippen LogP contribution is -2.20. The van der Waals surface area contributed by atoms with E-state index in [1.165, 1.54) is 4.68 Å². The molecule has 1 heterocycles. The number of benzene rings is 1. The fourth-order valence-electron chi connectivity index (χ4n) is 1.68. The average molecular weight is 300 g/mol. The van der Waals surface area contributed by atoms with E-state index in [1.54, 1.807) is 32.2 Å². The molecule has 1 amide bonds. The van der Waals surface area contributed by atoms with Gasteiger partial charge in [-0.25, -0.2) is 0 Å². The van der Waals surface area contributed by atoms with Gasteiger partial charge >= 0.3 is 0 Å². The molecule has 0 fully saturated rings. The molecule has 1 aromatic carbocycles. The number of aromatic nitrogens is 2. The Hall–Kier alpha value is -1.72. The summed E-state index contributed by atoms with van der Waals surface area (Å²) in [6, 6.07) is 4.87. The third-order valence-corrected chi connectivity index (χ3v) is 3.42. The summed E-state index contributed by atoms with van der Waals surface area (Å²) in [5, 5.41) is 5.68. The van der Waals surface area contributed by atoms with Crippen LogP contribution in [0.3, 0.4) is 0 Å². The number of hydrogen-bond donors (Lipinski definition) is 2. The summed E-state index contributed by atoms with van der Waals surface area (Å²) >= 11 is 11.9. The normalized spacial score (nSPS) is 10.5. The van der Waals surface area contributed by atoms with Gasteiger partial charge in [-0.2, -0.15) is 0 Å². The number of rotatable bonds is 2. The van der Waals surface area contributed by atoms with Crippen LogP contribution in [0.5, 0.6) is 0 Å². The van der Waals surface area contributed by atoms with Crippen molar-refractivity contribution >= 4 is 34.8 Å². The molecule has 0 aliphatic carbocycles. The van der Waals surface area contributed by atoms with Gasteiger partial charge in [0.1, 0.15) is 5.56 Å². The minimum atomic E-state index is -0.547. The summed E-state index contributed by atoms with van der Waals surface area (Å²) in [6.07, 6.45) is 0. The van der Waals surface area contributed by atoms with Gasteiger partial charge in [0, 0.05) is 12.7 Å². The number of nitrogens with zero attached hydrogens (tertiary/aromatic N) is 1.